The summed E-state index contributed by atoms with van der Waals surface area (Å²) in [5, 5.41) is 28.7. The molecule has 1 saturated heterocycles. The van der Waals surface area contributed by atoms with Gasteiger partial charge in [0.2, 0.25) is 0 Å². The first-order chi connectivity index (χ1) is 6.93. The molecule has 1 rings (SSSR count). The first kappa shape index (κ1) is 11.4. The number of rotatable bonds is 3. The van der Waals surface area contributed by atoms with Gasteiger partial charge in [-0.2, -0.15) is 0 Å². The quantitative estimate of drug-likeness (QED) is 0.469. The molecule has 0 unspecified atom stereocenters. The molecule has 1 aliphatic rings. The third-order valence-corrected chi connectivity index (χ3v) is 2.49. The van der Waals surface area contributed by atoms with Gasteiger partial charge in [-0.1, -0.05) is 0 Å². The molecule has 15 heavy (non-hydrogen) atoms. The second-order valence-corrected chi connectivity index (χ2v) is 3.42. The summed E-state index contributed by atoms with van der Waals surface area (Å²) >= 11 is 0. The predicted octanol–water partition coefficient (Wildman–Crippen LogP) is -1.17. The van der Waals surface area contributed by atoms with E-state index in [1.165, 1.54) is 0 Å². The van der Waals surface area contributed by atoms with Crippen molar-refractivity contribution in [1.82, 2.24) is 5.32 Å². The minimum atomic E-state index is -1.27. The average Bonchev–Trinajstić information content (AvgIpc) is 2.16. The average molecular weight is 217 g/mol. The van der Waals surface area contributed by atoms with E-state index in [0.717, 1.165) is 0 Å². The molecule has 0 aromatic rings. The van der Waals surface area contributed by atoms with Gasteiger partial charge in [-0.3, -0.25) is 14.4 Å². The molecule has 0 aromatic carbocycles. The first-order valence-electron chi connectivity index (χ1n) is 4.35. The van der Waals surface area contributed by atoms with Crippen LogP contribution in [0.15, 0.2) is 0 Å². The molecule has 7 heteroatoms. The number of carboxylic acid groups (broad SMARTS) is 3. The SMILES string of the molecule is O=C(O)[C@@H]1C[C@H](C(=O)O)[C@@H](C(=O)O)CN1. The Kier molecular flexibility index (Phi) is 3.25. The Morgan fingerprint density at radius 2 is 1.47 bits per heavy atom. The smallest absolute Gasteiger partial charge is 0.320 e. The van der Waals surface area contributed by atoms with Gasteiger partial charge in [-0.25, -0.2) is 0 Å². The molecule has 0 aromatic heterocycles. The fourth-order valence-corrected chi connectivity index (χ4v) is 1.63. The minimum Gasteiger partial charge on any atom is -0.481 e. The van der Waals surface area contributed by atoms with Gasteiger partial charge in [0.05, 0.1) is 11.8 Å². The Hall–Kier alpha value is -1.63. The normalized spacial score (nSPS) is 30.8. The van der Waals surface area contributed by atoms with Crippen LogP contribution < -0.4 is 5.32 Å². The summed E-state index contributed by atoms with van der Waals surface area (Å²) in [6.45, 7) is -0.136. The summed E-state index contributed by atoms with van der Waals surface area (Å²) in [6, 6.07) is -0.985. The van der Waals surface area contributed by atoms with E-state index in [-0.39, 0.29) is 13.0 Å². The van der Waals surface area contributed by atoms with Crippen molar-refractivity contribution in [3.63, 3.8) is 0 Å². The monoisotopic (exact) mass is 217 g/mol. The van der Waals surface area contributed by atoms with Crippen molar-refractivity contribution >= 4 is 17.9 Å². The molecule has 0 radical (unpaired) electrons. The highest BCUT2D eigenvalue weighted by Gasteiger charge is 2.41. The van der Waals surface area contributed by atoms with Crippen LogP contribution in [0.25, 0.3) is 0 Å². The first-order valence-corrected chi connectivity index (χ1v) is 4.35. The maximum absolute atomic E-state index is 10.8. The second-order valence-electron chi connectivity index (χ2n) is 3.42. The molecule has 0 amide bonds. The lowest BCUT2D eigenvalue weighted by atomic mass is 9.83. The van der Waals surface area contributed by atoms with E-state index < -0.39 is 35.8 Å². The van der Waals surface area contributed by atoms with Crippen LogP contribution in [0.5, 0.6) is 0 Å². The van der Waals surface area contributed by atoms with Crippen molar-refractivity contribution < 1.29 is 29.7 Å². The minimum absolute atomic E-state index is 0.136. The van der Waals surface area contributed by atoms with E-state index in [9.17, 15) is 14.4 Å². The van der Waals surface area contributed by atoms with Crippen LogP contribution in [0.1, 0.15) is 6.42 Å². The van der Waals surface area contributed by atoms with E-state index in [1.54, 1.807) is 0 Å². The van der Waals surface area contributed by atoms with Crippen molar-refractivity contribution in [3.8, 4) is 0 Å². The number of aliphatic carboxylic acids is 3. The van der Waals surface area contributed by atoms with Gasteiger partial charge in [0.1, 0.15) is 6.04 Å². The number of nitrogens with one attached hydrogen (secondary N) is 1. The zero-order valence-corrected chi connectivity index (χ0v) is 7.71. The highest BCUT2D eigenvalue weighted by Crippen LogP contribution is 2.23. The zero-order chi connectivity index (χ0) is 11.6. The summed E-state index contributed by atoms with van der Waals surface area (Å²) in [5.74, 6) is -5.87. The lowest BCUT2D eigenvalue weighted by molar-refractivity contribution is -0.157. The van der Waals surface area contributed by atoms with Gasteiger partial charge >= 0.3 is 17.9 Å². The van der Waals surface area contributed by atoms with Gasteiger partial charge in [-0.05, 0) is 6.42 Å². The molecule has 0 bridgehead atoms. The van der Waals surface area contributed by atoms with Gasteiger partial charge in [0, 0.05) is 6.54 Å². The Bertz CT molecular complexity index is 302. The fraction of sp³-hybridized carbons (Fsp3) is 0.625. The van der Waals surface area contributed by atoms with Crippen LogP contribution in [0.3, 0.4) is 0 Å². The molecule has 4 N–H and O–H groups in total. The number of carbonyl (C=O) groups is 3. The van der Waals surface area contributed by atoms with Gasteiger partial charge < -0.3 is 20.6 Å². The Labute approximate surface area is 84.7 Å². The molecule has 0 aliphatic carbocycles. The molecule has 3 atom stereocenters. The van der Waals surface area contributed by atoms with Gasteiger partial charge in [-0.15, -0.1) is 0 Å². The lowest BCUT2D eigenvalue weighted by Crippen LogP contribution is -2.52. The van der Waals surface area contributed by atoms with E-state index in [0.29, 0.717) is 0 Å². The van der Waals surface area contributed by atoms with Crippen molar-refractivity contribution in [1.29, 1.82) is 0 Å². The molecule has 0 saturated carbocycles. The maximum Gasteiger partial charge on any atom is 0.320 e. The summed E-state index contributed by atoms with van der Waals surface area (Å²) in [7, 11) is 0. The van der Waals surface area contributed by atoms with Crippen LogP contribution in [0, 0.1) is 11.8 Å². The summed E-state index contributed by atoms with van der Waals surface area (Å²) < 4.78 is 0. The van der Waals surface area contributed by atoms with E-state index in [2.05, 4.69) is 5.32 Å². The summed E-state index contributed by atoms with van der Waals surface area (Å²) in [5.41, 5.74) is 0. The van der Waals surface area contributed by atoms with Crippen molar-refractivity contribution in [3.05, 3.63) is 0 Å². The number of carboxylic acids is 3. The number of hydrogen-bond donors (Lipinski definition) is 4. The highest BCUT2D eigenvalue weighted by molar-refractivity contribution is 5.82. The van der Waals surface area contributed by atoms with Gasteiger partial charge in [0.25, 0.3) is 0 Å². The highest BCUT2D eigenvalue weighted by atomic mass is 16.4. The lowest BCUT2D eigenvalue weighted by Gasteiger charge is -2.30. The van der Waals surface area contributed by atoms with Crippen molar-refractivity contribution in [2.24, 2.45) is 11.8 Å². The molecule has 1 fully saturated rings. The van der Waals surface area contributed by atoms with Crippen molar-refractivity contribution in [2.45, 2.75) is 12.5 Å². The van der Waals surface area contributed by atoms with Crippen LogP contribution in [0.2, 0.25) is 0 Å². The third-order valence-electron chi connectivity index (χ3n) is 2.49. The molecular weight excluding hydrogens is 206 g/mol. The largest absolute Gasteiger partial charge is 0.481 e. The third kappa shape index (κ3) is 2.44. The second kappa shape index (κ2) is 4.26. The van der Waals surface area contributed by atoms with E-state index >= 15 is 0 Å². The Balaban J connectivity index is 2.78. The Morgan fingerprint density at radius 1 is 0.933 bits per heavy atom. The Morgan fingerprint density at radius 3 is 1.87 bits per heavy atom. The standard InChI is InChI=1S/C8H11NO6/c10-6(11)3-1-5(8(14)15)9-2-4(3)7(12)13/h3-5,9H,1-2H2,(H,10,11)(H,12,13)(H,14,15)/t3-,4-,5-/m0/s1. The van der Waals surface area contributed by atoms with Crippen LogP contribution >= 0.6 is 0 Å². The van der Waals surface area contributed by atoms with Crippen LogP contribution in [-0.4, -0.2) is 45.8 Å². The molecule has 84 valence electrons. The van der Waals surface area contributed by atoms with Crippen LogP contribution in [0.4, 0.5) is 0 Å². The number of piperidine rings is 1. The van der Waals surface area contributed by atoms with E-state index in [4.69, 9.17) is 15.3 Å². The summed E-state index contributed by atoms with van der Waals surface area (Å²) in [6.07, 6.45) is -0.207. The fourth-order valence-electron chi connectivity index (χ4n) is 1.63. The molecule has 0 spiro atoms. The number of hydrogen-bond acceptors (Lipinski definition) is 4. The maximum atomic E-state index is 10.8. The van der Waals surface area contributed by atoms with Crippen molar-refractivity contribution in [2.75, 3.05) is 6.54 Å². The van der Waals surface area contributed by atoms with Gasteiger partial charge in [0.15, 0.2) is 0 Å². The molecular formula is C8H11NO6. The predicted molar refractivity (Wildman–Crippen MR) is 46.3 cm³/mol. The van der Waals surface area contributed by atoms with Crippen LogP contribution in [-0.2, 0) is 14.4 Å². The summed E-state index contributed by atoms with van der Waals surface area (Å²) in [4.78, 5) is 32.0. The topological polar surface area (TPSA) is 124 Å². The molecule has 7 nitrogen and oxygen atoms in total. The van der Waals surface area contributed by atoms with E-state index in [1.807, 2.05) is 0 Å². The molecule has 1 heterocycles. The zero-order valence-electron chi connectivity index (χ0n) is 7.71. The molecule has 1 aliphatic heterocycles.